The predicted molar refractivity (Wildman–Crippen MR) is 169 cm³/mol. The Morgan fingerprint density at radius 2 is 1.86 bits per heavy atom. The van der Waals surface area contributed by atoms with Gasteiger partial charge in [-0.05, 0) is 68.0 Å². The molecule has 5 heterocycles. The Morgan fingerprint density at radius 1 is 1.14 bits per heavy atom. The van der Waals surface area contributed by atoms with Gasteiger partial charge >= 0.3 is 0 Å². The van der Waals surface area contributed by atoms with Crippen LogP contribution in [-0.4, -0.2) is 89.8 Å². The number of nitrogens with one attached hydrogen (secondary N) is 1. The van der Waals surface area contributed by atoms with Crippen molar-refractivity contribution in [3.63, 3.8) is 0 Å². The molecule has 0 aromatic carbocycles. The monoisotopic (exact) mass is 657 g/mol. The molecule has 226 valence electrons. The van der Waals surface area contributed by atoms with Crippen LogP contribution in [0.1, 0.15) is 35.2 Å². The molecule has 0 unspecified atom stereocenters. The second kappa shape index (κ2) is 12.6. The van der Waals surface area contributed by atoms with Crippen molar-refractivity contribution in [3.8, 4) is 23.6 Å². The van der Waals surface area contributed by atoms with Gasteiger partial charge in [0.25, 0.3) is 0 Å². The summed E-state index contributed by atoms with van der Waals surface area (Å²) >= 11 is 3.35. The van der Waals surface area contributed by atoms with E-state index in [9.17, 15) is 14.4 Å². The number of terminal acetylenes is 1. The van der Waals surface area contributed by atoms with Gasteiger partial charge in [-0.15, -0.1) is 6.42 Å². The average molecular weight is 659 g/mol. The Kier molecular flexibility index (Phi) is 8.85. The molecular weight excluding hydrogens is 626 g/mol. The molecule has 0 aliphatic carbocycles. The molecule has 12 nitrogen and oxygen atoms in total. The van der Waals surface area contributed by atoms with Crippen molar-refractivity contribution in [1.29, 1.82) is 0 Å². The summed E-state index contributed by atoms with van der Waals surface area (Å²) in [6.45, 7) is 5.39. The van der Waals surface area contributed by atoms with Crippen LogP contribution < -0.4 is 5.32 Å². The maximum Gasteiger partial charge on any atom is 0.248 e. The van der Waals surface area contributed by atoms with Gasteiger partial charge in [-0.1, -0.05) is 12.0 Å². The number of rotatable bonds is 8. The molecule has 5 rings (SSSR count). The molecular formula is C31H32BrN9O3. The molecule has 1 saturated heterocycles. The largest absolute Gasteiger partial charge is 0.315 e. The van der Waals surface area contributed by atoms with Crippen molar-refractivity contribution in [2.75, 3.05) is 26.0 Å². The number of hydrogen-bond acceptors (Lipinski definition) is 9. The molecule has 4 aromatic rings. The standard InChI is InChI=1S/C31H32BrN9O3/c1-7-24-20(15-39(5)6)10-25(31(44)37-30-17(2)8-9-27(32)36-30)41(24)28(43)16-40-26-14-35-23(21-12-33-19(4)34-13-21)11-22(26)29(38-40)18(3)42/h1,8-9,11-14,20,24-25H,10,15-16H2,2-6H3,(H,36,37,44)/t20-,24-,25+/m1/s1. The van der Waals surface area contributed by atoms with Gasteiger partial charge < -0.3 is 15.1 Å². The minimum Gasteiger partial charge on any atom is -0.315 e. The number of amides is 2. The van der Waals surface area contributed by atoms with Crippen molar-refractivity contribution in [2.45, 2.75) is 45.8 Å². The maximum atomic E-state index is 14.1. The summed E-state index contributed by atoms with van der Waals surface area (Å²) in [6, 6.07) is 3.90. The number of aryl methyl sites for hydroxylation is 2. The number of Topliss-reactive ketones (excluding diaryl/α,β-unsaturated/α-hetero) is 1. The van der Waals surface area contributed by atoms with Crippen LogP contribution in [0.25, 0.3) is 22.2 Å². The Morgan fingerprint density at radius 3 is 2.52 bits per heavy atom. The summed E-state index contributed by atoms with van der Waals surface area (Å²) in [4.78, 5) is 61.2. The Bertz CT molecular complexity index is 1800. The number of aromatic nitrogens is 6. The fourth-order valence-electron chi connectivity index (χ4n) is 5.55. The number of carbonyl (C=O) groups excluding carboxylic acids is 3. The van der Waals surface area contributed by atoms with Crippen LogP contribution in [0.15, 0.2) is 41.4 Å². The highest BCUT2D eigenvalue weighted by Crippen LogP contribution is 2.33. The van der Waals surface area contributed by atoms with E-state index < -0.39 is 18.0 Å². The summed E-state index contributed by atoms with van der Waals surface area (Å²) < 4.78 is 2.02. The Balaban J connectivity index is 1.49. The molecule has 0 bridgehead atoms. The second-order valence-corrected chi connectivity index (χ2v) is 12.0. The molecule has 0 radical (unpaired) electrons. The predicted octanol–water partition coefficient (Wildman–Crippen LogP) is 3.28. The molecule has 2 amide bonds. The number of carbonyl (C=O) groups is 3. The van der Waals surface area contributed by atoms with Crippen molar-refractivity contribution < 1.29 is 14.4 Å². The third-order valence-corrected chi connectivity index (χ3v) is 8.05. The fraction of sp³-hybridized carbons (Fsp3) is 0.355. The zero-order chi connectivity index (χ0) is 31.7. The number of pyridine rings is 2. The van der Waals surface area contributed by atoms with Gasteiger partial charge in [0.15, 0.2) is 5.78 Å². The van der Waals surface area contributed by atoms with Gasteiger partial charge in [-0.2, -0.15) is 5.10 Å². The van der Waals surface area contributed by atoms with E-state index in [1.165, 1.54) is 16.5 Å². The van der Waals surface area contributed by atoms with Gasteiger partial charge in [-0.3, -0.25) is 24.0 Å². The van der Waals surface area contributed by atoms with E-state index in [-0.39, 0.29) is 29.8 Å². The summed E-state index contributed by atoms with van der Waals surface area (Å²) in [6.07, 6.45) is 11.3. The Hall–Kier alpha value is -4.54. The lowest BCUT2D eigenvalue weighted by molar-refractivity contribution is -0.138. The topological polar surface area (TPSA) is 139 Å². The lowest BCUT2D eigenvalue weighted by atomic mass is 9.98. The minimum atomic E-state index is -0.839. The molecule has 1 fully saturated rings. The molecule has 4 aromatic heterocycles. The molecule has 3 atom stereocenters. The summed E-state index contributed by atoms with van der Waals surface area (Å²) in [5, 5.41) is 7.93. The SMILES string of the molecule is C#C[C@@H]1[C@@H](CN(C)C)C[C@@H](C(=O)Nc2nc(Br)ccc2C)N1C(=O)Cn1nc(C(C)=O)c2cc(-c3cnc(C)nc3)ncc21. The van der Waals surface area contributed by atoms with Crippen LogP contribution in [-0.2, 0) is 16.1 Å². The van der Waals surface area contributed by atoms with E-state index in [4.69, 9.17) is 6.42 Å². The number of anilines is 1. The fourth-order valence-corrected chi connectivity index (χ4v) is 5.86. The van der Waals surface area contributed by atoms with Crippen molar-refractivity contribution >= 4 is 50.2 Å². The highest BCUT2D eigenvalue weighted by molar-refractivity contribution is 9.10. The lowest BCUT2D eigenvalue weighted by Gasteiger charge is -2.28. The number of hydrogen-bond donors (Lipinski definition) is 1. The zero-order valence-electron chi connectivity index (χ0n) is 25.1. The van der Waals surface area contributed by atoms with Crippen molar-refractivity contribution in [2.24, 2.45) is 5.92 Å². The van der Waals surface area contributed by atoms with Gasteiger partial charge in [-0.25, -0.2) is 15.0 Å². The molecule has 0 spiro atoms. The maximum absolute atomic E-state index is 14.1. The van der Waals surface area contributed by atoms with E-state index in [0.29, 0.717) is 51.4 Å². The molecule has 1 N–H and O–H groups in total. The normalized spacial score (nSPS) is 18.0. The van der Waals surface area contributed by atoms with Crippen LogP contribution in [0.4, 0.5) is 5.82 Å². The molecule has 1 aliphatic heterocycles. The summed E-state index contributed by atoms with van der Waals surface area (Å²) in [5.41, 5.74) is 2.73. The van der Waals surface area contributed by atoms with Gasteiger partial charge in [0, 0.05) is 42.7 Å². The van der Waals surface area contributed by atoms with Crippen molar-refractivity contribution in [1.82, 2.24) is 39.5 Å². The highest BCUT2D eigenvalue weighted by atomic mass is 79.9. The number of nitrogens with zero attached hydrogens (tertiary/aromatic N) is 8. The molecule has 0 saturated carbocycles. The molecule has 13 heteroatoms. The number of halogens is 1. The van der Waals surface area contributed by atoms with Crippen LogP contribution >= 0.6 is 15.9 Å². The first-order valence-corrected chi connectivity index (χ1v) is 14.8. The highest BCUT2D eigenvalue weighted by Gasteiger charge is 2.46. The third-order valence-electron chi connectivity index (χ3n) is 7.61. The van der Waals surface area contributed by atoms with E-state index in [2.05, 4.69) is 52.2 Å². The number of likely N-dealkylation sites (tertiary alicyclic amines) is 1. The van der Waals surface area contributed by atoms with Crippen molar-refractivity contribution in [3.05, 3.63) is 58.5 Å². The van der Waals surface area contributed by atoms with E-state index in [1.807, 2.05) is 32.0 Å². The van der Waals surface area contributed by atoms with Crippen LogP contribution in [0, 0.1) is 32.1 Å². The average Bonchev–Trinajstić information content (AvgIpc) is 3.53. The smallest absolute Gasteiger partial charge is 0.248 e. The van der Waals surface area contributed by atoms with E-state index in [0.717, 1.165) is 5.56 Å². The minimum absolute atomic E-state index is 0.144. The van der Waals surface area contributed by atoms with Gasteiger partial charge in [0.2, 0.25) is 11.8 Å². The first kappa shape index (κ1) is 30.9. The lowest BCUT2D eigenvalue weighted by Crippen LogP contribution is -2.48. The van der Waals surface area contributed by atoms with E-state index in [1.54, 1.807) is 37.6 Å². The number of fused-ring (bicyclic) bond motifs is 1. The van der Waals surface area contributed by atoms with Crippen LogP contribution in [0.2, 0.25) is 0 Å². The first-order valence-electron chi connectivity index (χ1n) is 14.0. The third kappa shape index (κ3) is 6.22. The quantitative estimate of drug-likeness (QED) is 0.172. The van der Waals surface area contributed by atoms with Crippen LogP contribution in [0.3, 0.4) is 0 Å². The second-order valence-electron chi connectivity index (χ2n) is 11.1. The molecule has 1 aliphatic rings. The molecule has 44 heavy (non-hydrogen) atoms. The zero-order valence-corrected chi connectivity index (χ0v) is 26.7. The van der Waals surface area contributed by atoms with Gasteiger partial charge in [0.05, 0.1) is 23.4 Å². The van der Waals surface area contributed by atoms with Crippen LogP contribution in [0.5, 0.6) is 0 Å². The number of ketones is 1. The van der Waals surface area contributed by atoms with Gasteiger partial charge in [0.1, 0.15) is 34.5 Å². The summed E-state index contributed by atoms with van der Waals surface area (Å²) in [7, 11) is 3.84. The first-order chi connectivity index (χ1) is 21.0. The van der Waals surface area contributed by atoms with E-state index >= 15 is 0 Å². The Labute approximate surface area is 263 Å². The summed E-state index contributed by atoms with van der Waals surface area (Å²) in [5.74, 6) is 2.60.